The van der Waals surface area contributed by atoms with Gasteiger partial charge in [0, 0.05) is 28.0 Å². The van der Waals surface area contributed by atoms with Crippen LogP contribution in [0, 0.1) is 0 Å². The predicted molar refractivity (Wildman–Crippen MR) is 110 cm³/mol. The zero-order valence-electron chi connectivity index (χ0n) is 14.0. The summed E-state index contributed by atoms with van der Waals surface area (Å²) in [6.45, 7) is 0. The second-order valence-electron chi connectivity index (χ2n) is 5.81. The van der Waals surface area contributed by atoms with Crippen molar-refractivity contribution in [1.82, 2.24) is 9.78 Å². The molecule has 26 heavy (non-hydrogen) atoms. The van der Waals surface area contributed by atoms with Gasteiger partial charge in [0.2, 0.25) is 0 Å². The van der Waals surface area contributed by atoms with Gasteiger partial charge in [-0.15, -0.1) is 0 Å². The van der Waals surface area contributed by atoms with Crippen molar-refractivity contribution < 1.29 is 0 Å². The Labute approximate surface area is 160 Å². The highest BCUT2D eigenvalue weighted by Gasteiger charge is 2.10. The van der Waals surface area contributed by atoms with Gasteiger partial charge in [0.25, 0.3) is 0 Å². The third-order valence-electron chi connectivity index (χ3n) is 3.99. The molecule has 0 bridgehead atoms. The quantitative estimate of drug-likeness (QED) is 0.382. The van der Waals surface area contributed by atoms with Crippen molar-refractivity contribution in [3.05, 3.63) is 101 Å². The summed E-state index contributed by atoms with van der Waals surface area (Å²) in [6, 6.07) is 28.2. The van der Waals surface area contributed by atoms with E-state index in [2.05, 4.69) is 33.1 Å². The fraction of sp³-hybridized carbons (Fsp3) is 0. The van der Waals surface area contributed by atoms with Gasteiger partial charge in [-0.2, -0.15) is 5.10 Å². The van der Waals surface area contributed by atoms with Crippen molar-refractivity contribution in [1.29, 1.82) is 0 Å². The van der Waals surface area contributed by atoms with Crippen LogP contribution in [0.4, 0.5) is 5.69 Å². The first-order chi connectivity index (χ1) is 12.8. The van der Waals surface area contributed by atoms with E-state index in [4.69, 9.17) is 5.10 Å². The number of rotatable bonds is 4. The third-order valence-corrected chi connectivity index (χ3v) is 4.52. The number of benzene rings is 3. The van der Waals surface area contributed by atoms with Crippen LogP contribution in [0.5, 0.6) is 0 Å². The number of aromatic nitrogens is 2. The lowest BCUT2D eigenvalue weighted by Crippen LogP contribution is -1.93. The van der Waals surface area contributed by atoms with Crippen LogP contribution >= 0.6 is 15.9 Å². The number of aliphatic imine (C=N–C) groups is 1. The highest BCUT2D eigenvalue weighted by molar-refractivity contribution is 9.10. The van der Waals surface area contributed by atoms with Gasteiger partial charge in [0.05, 0.1) is 11.4 Å². The number of para-hydroxylation sites is 1. The van der Waals surface area contributed by atoms with Gasteiger partial charge in [-0.25, -0.2) is 4.68 Å². The summed E-state index contributed by atoms with van der Waals surface area (Å²) >= 11 is 3.45. The highest BCUT2D eigenvalue weighted by Crippen LogP contribution is 2.23. The van der Waals surface area contributed by atoms with E-state index in [0.717, 1.165) is 32.7 Å². The van der Waals surface area contributed by atoms with E-state index in [1.807, 2.05) is 89.9 Å². The maximum absolute atomic E-state index is 4.80. The molecule has 4 heteroatoms. The Morgan fingerprint density at radius 1 is 0.808 bits per heavy atom. The summed E-state index contributed by atoms with van der Waals surface area (Å²) in [5.41, 5.74) is 4.88. The molecule has 0 aliphatic heterocycles. The van der Waals surface area contributed by atoms with Crippen molar-refractivity contribution in [3.8, 4) is 16.9 Å². The SMILES string of the molecule is Brc1ccc(N=Cc2cn(-c3ccccc3)nc2-c2ccccc2)cc1. The van der Waals surface area contributed by atoms with Gasteiger partial charge in [-0.05, 0) is 36.4 Å². The largest absolute Gasteiger partial charge is 0.256 e. The van der Waals surface area contributed by atoms with E-state index in [-0.39, 0.29) is 0 Å². The standard InChI is InChI=1S/C22H16BrN3/c23-19-11-13-20(14-12-19)24-15-18-16-26(21-9-5-2-6-10-21)25-22(18)17-7-3-1-4-8-17/h1-16H. The van der Waals surface area contributed by atoms with Crippen LogP contribution in [0.1, 0.15) is 5.56 Å². The summed E-state index contributed by atoms with van der Waals surface area (Å²) in [6.07, 6.45) is 3.89. The lowest BCUT2D eigenvalue weighted by molar-refractivity contribution is 0.884. The minimum absolute atomic E-state index is 0.902. The molecule has 0 amide bonds. The van der Waals surface area contributed by atoms with Crippen LogP contribution in [-0.4, -0.2) is 16.0 Å². The molecule has 0 unspecified atom stereocenters. The molecule has 3 nitrogen and oxygen atoms in total. The maximum atomic E-state index is 4.80. The van der Waals surface area contributed by atoms with Gasteiger partial charge in [0.1, 0.15) is 5.69 Å². The molecule has 0 aliphatic carbocycles. The lowest BCUT2D eigenvalue weighted by Gasteiger charge is -2.00. The van der Waals surface area contributed by atoms with Gasteiger partial charge in [0.15, 0.2) is 0 Å². The Balaban J connectivity index is 1.76. The van der Waals surface area contributed by atoms with Crippen LogP contribution in [0.15, 0.2) is 101 Å². The Hall–Kier alpha value is -2.98. The predicted octanol–water partition coefficient (Wildman–Crippen LogP) is 6.05. The molecule has 0 fully saturated rings. The van der Waals surface area contributed by atoms with Crippen LogP contribution in [-0.2, 0) is 0 Å². The molecule has 0 radical (unpaired) electrons. The highest BCUT2D eigenvalue weighted by atomic mass is 79.9. The molecule has 3 aromatic carbocycles. The molecular weight excluding hydrogens is 386 g/mol. The summed E-state index contributed by atoms with van der Waals surface area (Å²) in [7, 11) is 0. The smallest absolute Gasteiger partial charge is 0.101 e. The maximum Gasteiger partial charge on any atom is 0.101 e. The third kappa shape index (κ3) is 3.65. The van der Waals surface area contributed by atoms with Crippen molar-refractivity contribution in [2.45, 2.75) is 0 Å². The summed E-state index contributed by atoms with van der Waals surface area (Å²) in [5, 5.41) is 4.80. The zero-order chi connectivity index (χ0) is 17.8. The average Bonchev–Trinajstić information content (AvgIpc) is 3.13. The minimum Gasteiger partial charge on any atom is -0.256 e. The normalized spacial score (nSPS) is 11.1. The topological polar surface area (TPSA) is 30.2 Å². The second-order valence-corrected chi connectivity index (χ2v) is 6.73. The van der Waals surface area contributed by atoms with Gasteiger partial charge in [-0.1, -0.05) is 64.5 Å². The molecule has 0 spiro atoms. The Morgan fingerprint density at radius 2 is 1.46 bits per heavy atom. The van der Waals surface area contributed by atoms with Crippen molar-refractivity contribution in [2.75, 3.05) is 0 Å². The van der Waals surface area contributed by atoms with E-state index >= 15 is 0 Å². The first-order valence-electron chi connectivity index (χ1n) is 8.30. The Kier molecular flexibility index (Phi) is 4.75. The van der Waals surface area contributed by atoms with E-state index in [1.54, 1.807) is 0 Å². The van der Waals surface area contributed by atoms with E-state index < -0.39 is 0 Å². The van der Waals surface area contributed by atoms with Gasteiger partial charge < -0.3 is 0 Å². The summed E-state index contributed by atoms with van der Waals surface area (Å²) in [5.74, 6) is 0. The number of nitrogens with zero attached hydrogens (tertiary/aromatic N) is 3. The van der Waals surface area contributed by atoms with Gasteiger partial charge in [-0.3, -0.25) is 4.99 Å². The molecule has 0 atom stereocenters. The van der Waals surface area contributed by atoms with Crippen molar-refractivity contribution in [3.63, 3.8) is 0 Å². The van der Waals surface area contributed by atoms with Crippen LogP contribution in [0.3, 0.4) is 0 Å². The lowest BCUT2D eigenvalue weighted by atomic mass is 10.1. The first-order valence-corrected chi connectivity index (χ1v) is 9.09. The molecule has 1 heterocycles. The van der Waals surface area contributed by atoms with E-state index in [9.17, 15) is 0 Å². The molecule has 4 aromatic rings. The molecule has 0 N–H and O–H groups in total. The molecule has 4 rings (SSSR count). The monoisotopic (exact) mass is 401 g/mol. The van der Waals surface area contributed by atoms with Crippen LogP contribution < -0.4 is 0 Å². The molecule has 0 saturated carbocycles. The molecule has 1 aromatic heterocycles. The van der Waals surface area contributed by atoms with E-state index in [0.29, 0.717) is 0 Å². The fourth-order valence-corrected chi connectivity index (χ4v) is 2.95. The Morgan fingerprint density at radius 3 is 2.15 bits per heavy atom. The van der Waals surface area contributed by atoms with E-state index in [1.165, 1.54) is 0 Å². The average molecular weight is 402 g/mol. The molecule has 126 valence electrons. The zero-order valence-corrected chi connectivity index (χ0v) is 15.5. The van der Waals surface area contributed by atoms with Crippen molar-refractivity contribution in [2.24, 2.45) is 4.99 Å². The number of hydrogen-bond acceptors (Lipinski definition) is 2. The minimum atomic E-state index is 0.902. The van der Waals surface area contributed by atoms with Crippen LogP contribution in [0.25, 0.3) is 16.9 Å². The molecule has 0 saturated heterocycles. The molecular formula is C22H16BrN3. The second kappa shape index (κ2) is 7.50. The molecule has 0 aliphatic rings. The fourth-order valence-electron chi connectivity index (χ4n) is 2.69. The van der Waals surface area contributed by atoms with Crippen LogP contribution in [0.2, 0.25) is 0 Å². The first kappa shape index (κ1) is 16.5. The Bertz CT molecular complexity index is 1020. The number of halogens is 1. The number of hydrogen-bond donors (Lipinski definition) is 0. The van der Waals surface area contributed by atoms with Crippen molar-refractivity contribution >= 4 is 27.8 Å². The summed E-state index contributed by atoms with van der Waals surface area (Å²) < 4.78 is 2.93. The summed E-state index contributed by atoms with van der Waals surface area (Å²) in [4.78, 5) is 4.61. The van der Waals surface area contributed by atoms with Gasteiger partial charge >= 0.3 is 0 Å².